The summed E-state index contributed by atoms with van der Waals surface area (Å²) in [5.41, 5.74) is 1.83. The summed E-state index contributed by atoms with van der Waals surface area (Å²) in [6.07, 6.45) is 4.55. The van der Waals surface area contributed by atoms with Crippen LogP contribution in [-0.2, 0) is 0 Å². The summed E-state index contributed by atoms with van der Waals surface area (Å²) in [6, 6.07) is 8.09. The molecule has 3 rings (SSSR count). The zero-order chi connectivity index (χ0) is 17.8. The topological polar surface area (TPSA) is 72.0 Å². The fourth-order valence-corrected chi connectivity index (χ4v) is 2.47. The van der Waals surface area contributed by atoms with Gasteiger partial charge in [0.15, 0.2) is 5.82 Å². The maximum absolute atomic E-state index is 5.83. The Morgan fingerprint density at radius 2 is 2.00 bits per heavy atom. The minimum absolute atomic E-state index is 0.0991. The molecule has 1 aromatic carbocycles. The van der Waals surface area contributed by atoms with Crippen LogP contribution in [-0.4, -0.2) is 28.1 Å². The lowest BCUT2D eigenvalue weighted by Gasteiger charge is -2.14. The van der Waals surface area contributed by atoms with Crippen LogP contribution in [0.3, 0.4) is 0 Å². The van der Waals surface area contributed by atoms with Gasteiger partial charge in [-0.25, -0.2) is 4.98 Å². The molecular formula is C19H23N5O. The molecule has 2 heterocycles. The fraction of sp³-hybridized carbons (Fsp3) is 0.316. The molecule has 0 saturated carbocycles. The predicted molar refractivity (Wildman–Crippen MR) is 102 cm³/mol. The first-order chi connectivity index (χ1) is 12.1. The lowest BCUT2D eigenvalue weighted by molar-refractivity contribution is 0.206. The van der Waals surface area contributed by atoms with Crippen molar-refractivity contribution < 1.29 is 4.74 Å². The molecule has 0 amide bonds. The highest BCUT2D eigenvalue weighted by molar-refractivity contribution is 5.94. The van der Waals surface area contributed by atoms with Crippen molar-refractivity contribution in [1.82, 2.24) is 15.0 Å². The van der Waals surface area contributed by atoms with E-state index >= 15 is 0 Å². The van der Waals surface area contributed by atoms with Crippen LogP contribution in [0.2, 0.25) is 0 Å². The zero-order valence-corrected chi connectivity index (χ0v) is 15.0. The molecule has 6 heteroatoms. The van der Waals surface area contributed by atoms with Crippen molar-refractivity contribution in [3.8, 4) is 5.88 Å². The molecule has 25 heavy (non-hydrogen) atoms. The second-order valence-electron chi connectivity index (χ2n) is 5.95. The third-order valence-electron chi connectivity index (χ3n) is 4.09. The van der Waals surface area contributed by atoms with Gasteiger partial charge in [-0.05, 0) is 37.8 Å². The van der Waals surface area contributed by atoms with Crippen LogP contribution in [0, 0.1) is 6.92 Å². The predicted octanol–water partition coefficient (Wildman–Crippen LogP) is 4.30. The van der Waals surface area contributed by atoms with Crippen LogP contribution in [0.5, 0.6) is 5.88 Å². The molecule has 0 radical (unpaired) electrons. The molecule has 0 saturated heterocycles. The molecule has 0 fully saturated rings. The minimum Gasteiger partial charge on any atom is -0.473 e. The number of hydrogen-bond acceptors (Lipinski definition) is 6. The van der Waals surface area contributed by atoms with Gasteiger partial charge in [-0.2, -0.15) is 4.98 Å². The van der Waals surface area contributed by atoms with Gasteiger partial charge >= 0.3 is 0 Å². The van der Waals surface area contributed by atoms with E-state index in [2.05, 4.69) is 38.6 Å². The molecule has 0 aliphatic carbocycles. The van der Waals surface area contributed by atoms with Gasteiger partial charge in [0.2, 0.25) is 5.88 Å². The molecule has 0 spiro atoms. The number of rotatable bonds is 6. The van der Waals surface area contributed by atoms with E-state index < -0.39 is 0 Å². The van der Waals surface area contributed by atoms with E-state index in [1.54, 1.807) is 6.20 Å². The summed E-state index contributed by atoms with van der Waals surface area (Å²) < 4.78 is 5.83. The average molecular weight is 337 g/mol. The monoisotopic (exact) mass is 337 g/mol. The number of aromatic nitrogens is 3. The van der Waals surface area contributed by atoms with Gasteiger partial charge in [-0.3, -0.25) is 4.98 Å². The smallest absolute Gasteiger partial charge is 0.237 e. The number of aryl methyl sites for hydroxylation is 1. The maximum atomic E-state index is 5.83. The van der Waals surface area contributed by atoms with Crippen molar-refractivity contribution in [3.63, 3.8) is 0 Å². The molecule has 3 aromatic rings. The molecule has 0 aliphatic heterocycles. The number of nitrogens with zero attached hydrogens (tertiary/aromatic N) is 3. The summed E-state index contributed by atoms with van der Waals surface area (Å²) in [4.78, 5) is 13.4. The average Bonchev–Trinajstić information content (AvgIpc) is 2.63. The van der Waals surface area contributed by atoms with E-state index in [0.717, 1.165) is 28.6 Å². The van der Waals surface area contributed by atoms with Crippen molar-refractivity contribution in [2.45, 2.75) is 33.3 Å². The van der Waals surface area contributed by atoms with E-state index in [1.807, 2.05) is 45.3 Å². The van der Waals surface area contributed by atoms with E-state index in [4.69, 9.17) is 4.74 Å². The molecular weight excluding hydrogens is 314 g/mol. The second-order valence-corrected chi connectivity index (χ2v) is 5.95. The first-order valence-electron chi connectivity index (χ1n) is 8.44. The highest BCUT2D eigenvalue weighted by Crippen LogP contribution is 2.25. The van der Waals surface area contributed by atoms with Crippen molar-refractivity contribution >= 4 is 28.1 Å². The summed E-state index contributed by atoms with van der Waals surface area (Å²) in [6.45, 7) is 5.99. The second kappa shape index (κ2) is 7.34. The summed E-state index contributed by atoms with van der Waals surface area (Å²) in [5.74, 6) is 1.88. The standard InChI is InChI=1S/C19H23N5O/c1-5-12(2)25-19-13(3)21-11-18(24-19)23-17-9-14-7-6-8-16(20-4)15(14)10-22-17/h6-12,20H,5H2,1-4H3,(H,22,23,24). The molecule has 1 unspecified atom stereocenters. The number of fused-ring (bicyclic) bond motifs is 1. The highest BCUT2D eigenvalue weighted by atomic mass is 16.5. The van der Waals surface area contributed by atoms with Gasteiger partial charge in [-0.1, -0.05) is 19.1 Å². The molecule has 0 aliphatic rings. The van der Waals surface area contributed by atoms with Crippen molar-refractivity contribution in [3.05, 3.63) is 42.4 Å². The number of nitrogens with one attached hydrogen (secondary N) is 2. The molecule has 2 N–H and O–H groups in total. The normalized spacial score (nSPS) is 12.0. The molecule has 2 aromatic heterocycles. The SMILES string of the molecule is CCC(C)Oc1nc(Nc2cc3cccc(NC)c3cn2)cnc1C. The molecule has 0 bridgehead atoms. The Bertz CT molecular complexity index is 881. The van der Waals surface area contributed by atoms with Crippen LogP contribution in [0.25, 0.3) is 10.8 Å². The van der Waals surface area contributed by atoms with Crippen LogP contribution in [0.4, 0.5) is 17.3 Å². The Labute approximate surface area is 147 Å². The minimum atomic E-state index is 0.0991. The molecule has 1 atom stereocenters. The van der Waals surface area contributed by atoms with Crippen LogP contribution in [0.15, 0.2) is 36.7 Å². The number of pyridine rings is 1. The highest BCUT2D eigenvalue weighted by Gasteiger charge is 2.10. The van der Waals surface area contributed by atoms with Gasteiger partial charge in [0.05, 0.1) is 18.0 Å². The fourth-order valence-electron chi connectivity index (χ4n) is 2.47. The quantitative estimate of drug-likeness (QED) is 0.699. The van der Waals surface area contributed by atoms with E-state index in [0.29, 0.717) is 17.5 Å². The van der Waals surface area contributed by atoms with Gasteiger partial charge in [0.25, 0.3) is 0 Å². The van der Waals surface area contributed by atoms with Crippen molar-refractivity contribution in [1.29, 1.82) is 0 Å². The Hall–Kier alpha value is -2.89. The molecule has 6 nitrogen and oxygen atoms in total. The van der Waals surface area contributed by atoms with Gasteiger partial charge in [0.1, 0.15) is 5.82 Å². The van der Waals surface area contributed by atoms with Crippen LogP contribution in [0.1, 0.15) is 26.0 Å². The van der Waals surface area contributed by atoms with E-state index in [1.165, 1.54) is 0 Å². The number of hydrogen-bond donors (Lipinski definition) is 2. The Kier molecular flexibility index (Phi) is 4.97. The summed E-state index contributed by atoms with van der Waals surface area (Å²) in [5, 5.41) is 8.56. The van der Waals surface area contributed by atoms with E-state index in [-0.39, 0.29) is 6.10 Å². The van der Waals surface area contributed by atoms with Crippen molar-refractivity contribution in [2.24, 2.45) is 0 Å². The van der Waals surface area contributed by atoms with Gasteiger partial charge in [-0.15, -0.1) is 0 Å². The lowest BCUT2D eigenvalue weighted by Crippen LogP contribution is -2.13. The number of anilines is 3. The van der Waals surface area contributed by atoms with Gasteiger partial charge < -0.3 is 15.4 Å². The first kappa shape index (κ1) is 17.0. The first-order valence-corrected chi connectivity index (χ1v) is 8.44. The Morgan fingerprint density at radius 3 is 2.76 bits per heavy atom. The van der Waals surface area contributed by atoms with Crippen molar-refractivity contribution in [2.75, 3.05) is 17.7 Å². The molecule has 130 valence electrons. The Balaban J connectivity index is 1.87. The largest absolute Gasteiger partial charge is 0.473 e. The maximum Gasteiger partial charge on any atom is 0.237 e. The third-order valence-corrected chi connectivity index (χ3v) is 4.09. The third kappa shape index (κ3) is 3.79. The van der Waals surface area contributed by atoms with E-state index in [9.17, 15) is 0 Å². The lowest BCUT2D eigenvalue weighted by atomic mass is 10.1. The summed E-state index contributed by atoms with van der Waals surface area (Å²) >= 11 is 0. The van der Waals surface area contributed by atoms with Gasteiger partial charge in [0, 0.05) is 24.3 Å². The van der Waals surface area contributed by atoms with Crippen LogP contribution >= 0.6 is 0 Å². The number of benzene rings is 1. The zero-order valence-electron chi connectivity index (χ0n) is 15.0. The number of ether oxygens (including phenoxy) is 1. The summed E-state index contributed by atoms with van der Waals surface area (Å²) in [7, 11) is 1.90. The van der Waals surface area contributed by atoms with Crippen LogP contribution < -0.4 is 15.4 Å². The Morgan fingerprint density at radius 1 is 1.16 bits per heavy atom.